The van der Waals surface area contributed by atoms with Crippen LogP contribution in [0.5, 0.6) is 28.7 Å². The van der Waals surface area contributed by atoms with Crippen molar-refractivity contribution in [2.75, 3.05) is 0 Å². The predicted molar refractivity (Wildman–Crippen MR) is 155 cm³/mol. The largest absolute Gasteiger partial charge is 0.508 e. The zero-order valence-electron chi connectivity index (χ0n) is 21.6. The number of phenolic OH excluding ortho intramolecular Hbond substituents is 4. The first-order chi connectivity index (χ1) is 19.7. The van der Waals surface area contributed by atoms with Gasteiger partial charge in [-0.1, -0.05) is 54.6 Å². The second kappa shape index (κ2) is 10.3. The van der Waals surface area contributed by atoms with Gasteiger partial charge in [0.1, 0.15) is 40.1 Å². The summed E-state index contributed by atoms with van der Waals surface area (Å²) in [5.74, 6) is -0.0402. The molecule has 4 aromatic carbocycles. The minimum atomic E-state index is -4.13. The highest BCUT2D eigenvalue weighted by molar-refractivity contribution is 7.87. The van der Waals surface area contributed by atoms with E-state index in [2.05, 4.69) is 0 Å². The molecule has 0 amide bonds. The molecule has 208 valence electrons. The van der Waals surface area contributed by atoms with Gasteiger partial charge in [0.2, 0.25) is 0 Å². The van der Waals surface area contributed by atoms with Crippen molar-refractivity contribution in [2.24, 2.45) is 0 Å². The molecule has 2 heterocycles. The monoisotopic (exact) mass is 570 g/mol. The number of phenols is 4. The van der Waals surface area contributed by atoms with E-state index in [0.717, 1.165) is 27.8 Å². The first-order valence-electron chi connectivity index (χ1n) is 12.9. The zero-order valence-corrected chi connectivity index (χ0v) is 22.4. The van der Waals surface area contributed by atoms with Gasteiger partial charge in [0.25, 0.3) is 0 Å². The Kier molecular flexibility index (Phi) is 6.69. The minimum absolute atomic E-state index is 0.0215. The summed E-state index contributed by atoms with van der Waals surface area (Å²) in [6, 6.07) is 24.2. The van der Waals surface area contributed by atoms with Crippen molar-refractivity contribution in [3.05, 3.63) is 113 Å². The van der Waals surface area contributed by atoms with E-state index in [-0.39, 0.29) is 35.2 Å². The lowest BCUT2D eigenvalue weighted by Crippen LogP contribution is -2.35. The molecular formula is C32H26O8S. The number of ether oxygens (including phenoxy) is 1. The molecule has 2 bridgehead atoms. The van der Waals surface area contributed by atoms with E-state index in [9.17, 15) is 28.8 Å². The minimum Gasteiger partial charge on any atom is -0.508 e. The average molecular weight is 571 g/mol. The van der Waals surface area contributed by atoms with Crippen molar-refractivity contribution >= 4 is 33.4 Å². The number of fused-ring (bicyclic) bond motifs is 2. The molecule has 0 saturated carbocycles. The van der Waals surface area contributed by atoms with Crippen LogP contribution in [0.2, 0.25) is 0 Å². The van der Waals surface area contributed by atoms with Crippen LogP contribution >= 0.6 is 0 Å². The van der Waals surface area contributed by atoms with Crippen molar-refractivity contribution < 1.29 is 37.8 Å². The molecule has 9 heteroatoms. The summed E-state index contributed by atoms with van der Waals surface area (Å²) in [7, 11) is -4.13. The Bertz CT molecular complexity index is 1750. The fraction of sp³-hybridized carbons (Fsp3) is 0.125. The van der Waals surface area contributed by atoms with Gasteiger partial charge in [-0.2, -0.15) is 8.42 Å². The Balaban J connectivity index is 1.34. The highest BCUT2D eigenvalue weighted by Crippen LogP contribution is 2.51. The summed E-state index contributed by atoms with van der Waals surface area (Å²) in [4.78, 5) is 0. The van der Waals surface area contributed by atoms with Crippen LogP contribution in [0.15, 0.2) is 91.0 Å². The fourth-order valence-corrected chi connectivity index (χ4v) is 6.81. The molecule has 41 heavy (non-hydrogen) atoms. The van der Waals surface area contributed by atoms with Crippen molar-refractivity contribution in [1.82, 2.24) is 0 Å². The molecule has 2 aliphatic heterocycles. The molecule has 3 atom stereocenters. The van der Waals surface area contributed by atoms with E-state index < -0.39 is 27.6 Å². The van der Waals surface area contributed by atoms with E-state index >= 15 is 0 Å². The third-order valence-corrected chi connectivity index (χ3v) is 8.79. The predicted octanol–water partition coefficient (Wildman–Crippen LogP) is 5.54. The van der Waals surface area contributed by atoms with Gasteiger partial charge >= 0.3 is 10.1 Å². The number of hydrogen-bond donors (Lipinski definition) is 4. The summed E-state index contributed by atoms with van der Waals surface area (Å²) >= 11 is 0. The maximum absolute atomic E-state index is 13.4. The smallest absolute Gasteiger partial charge is 0.315 e. The highest BCUT2D eigenvalue weighted by atomic mass is 32.2. The second-order valence-corrected chi connectivity index (χ2v) is 11.8. The molecule has 3 unspecified atom stereocenters. The third kappa shape index (κ3) is 5.37. The standard InChI is InChI=1S/C32H26O8S/c33-23-12-10-21(11-13-23)30-28-18-29(41(37,38)40-27-3-1-2-24(34)17-27)32(39-28)31(30)22-8-6-19(7-9-22)4-5-20-14-25(35)16-26(36)15-20/h1-17,28-29,32-36H,18H2/b5-4+. The molecule has 8 nitrogen and oxygen atoms in total. The van der Waals surface area contributed by atoms with Crippen molar-refractivity contribution in [2.45, 2.75) is 23.9 Å². The van der Waals surface area contributed by atoms with Crippen molar-refractivity contribution in [1.29, 1.82) is 0 Å². The molecule has 0 aliphatic carbocycles. The van der Waals surface area contributed by atoms with Crippen LogP contribution in [0.25, 0.3) is 23.3 Å². The van der Waals surface area contributed by atoms with Gasteiger partial charge < -0.3 is 29.3 Å². The summed E-state index contributed by atoms with van der Waals surface area (Å²) in [6.45, 7) is 0. The second-order valence-electron chi connectivity index (χ2n) is 10.0. The Labute approximate surface area is 236 Å². The summed E-state index contributed by atoms with van der Waals surface area (Å²) in [6.07, 6.45) is 2.51. The molecule has 0 aromatic heterocycles. The van der Waals surface area contributed by atoms with E-state index in [4.69, 9.17) is 8.92 Å². The van der Waals surface area contributed by atoms with Gasteiger partial charge in [0, 0.05) is 18.6 Å². The summed E-state index contributed by atoms with van der Waals surface area (Å²) < 4.78 is 38.5. The summed E-state index contributed by atoms with van der Waals surface area (Å²) in [5.41, 5.74) is 4.67. The first kappa shape index (κ1) is 26.5. The quantitative estimate of drug-likeness (QED) is 0.168. The SMILES string of the molecule is O=S(=O)(Oc1cccc(O)c1)C1CC2OC1C(c1ccc(/C=C/c3cc(O)cc(O)c3)cc1)=C2c1ccc(O)cc1. The fourth-order valence-electron chi connectivity index (χ4n) is 5.40. The molecule has 4 aromatic rings. The van der Waals surface area contributed by atoms with Gasteiger partial charge in [-0.05, 0) is 69.8 Å². The van der Waals surface area contributed by atoms with Gasteiger partial charge in [-0.15, -0.1) is 0 Å². The van der Waals surface area contributed by atoms with Gasteiger partial charge in [-0.3, -0.25) is 0 Å². The third-order valence-electron chi connectivity index (χ3n) is 7.19. The Morgan fingerprint density at radius 2 is 1.32 bits per heavy atom. The number of rotatable bonds is 7. The zero-order chi connectivity index (χ0) is 28.7. The van der Waals surface area contributed by atoms with Crippen LogP contribution in [0, 0.1) is 0 Å². The van der Waals surface area contributed by atoms with Crippen molar-refractivity contribution in [3.63, 3.8) is 0 Å². The maximum atomic E-state index is 13.4. The van der Waals surface area contributed by atoms with Crippen LogP contribution in [-0.2, 0) is 14.9 Å². The molecular weight excluding hydrogens is 544 g/mol. The molecule has 0 radical (unpaired) electrons. The normalized spacial score (nSPS) is 20.1. The van der Waals surface area contributed by atoms with Gasteiger partial charge in [0.05, 0.1) is 6.10 Å². The van der Waals surface area contributed by atoms with Crippen LogP contribution in [0.4, 0.5) is 0 Å². The lowest BCUT2D eigenvalue weighted by atomic mass is 9.83. The van der Waals surface area contributed by atoms with E-state index in [0.29, 0.717) is 5.56 Å². The van der Waals surface area contributed by atoms with Crippen LogP contribution in [-0.4, -0.2) is 46.3 Å². The lowest BCUT2D eigenvalue weighted by molar-refractivity contribution is 0.128. The topological polar surface area (TPSA) is 134 Å². The van der Waals surface area contributed by atoms with E-state index in [1.807, 2.05) is 30.3 Å². The van der Waals surface area contributed by atoms with Crippen LogP contribution in [0.1, 0.15) is 28.7 Å². The Morgan fingerprint density at radius 3 is 2.00 bits per heavy atom. The lowest BCUT2D eigenvalue weighted by Gasteiger charge is -2.24. The number of benzene rings is 4. The maximum Gasteiger partial charge on any atom is 0.315 e. The molecule has 0 spiro atoms. The van der Waals surface area contributed by atoms with Gasteiger partial charge in [0.15, 0.2) is 0 Å². The van der Waals surface area contributed by atoms with E-state index in [1.165, 1.54) is 42.5 Å². The Morgan fingerprint density at radius 1 is 0.683 bits per heavy atom. The first-order valence-corrected chi connectivity index (χ1v) is 14.4. The number of hydrogen-bond acceptors (Lipinski definition) is 8. The average Bonchev–Trinajstić information content (AvgIpc) is 3.52. The molecule has 4 N–H and O–H groups in total. The highest BCUT2D eigenvalue weighted by Gasteiger charge is 2.53. The molecule has 1 saturated heterocycles. The van der Waals surface area contributed by atoms with Crippen LogP contribution < -0.4 is 4.18 Å². The molecule has 6 rings (SSSR count). The Hall–Kier alpha value is -4.73. The summed E-state index contributed by atoms with van der Waals surface area (Å²) in [5, 5.41) is 38.0. The molecule has 2 aliphatic rings. The van der Waals surface area contributed by atoms with Gasteiger partial charge in [-0.25, -0.2) is 0 Å². The van der Waals surface area contributed by atoms with Crippen LogP contribution in [0.3, 0.4) is 0 Å². The van der Waals surface area contributed by atoms with Crippen molar-refractivity contribution in [3.8, 4) is 28.7 Å². The number of aromatic hydroxyl groups is 4. The molecule has 1 fully saturated rings. The van der Waals surface area contributed by atoms with E-state index in [1.54, 1.807) is 30.3 Å².